The number of amides is 1. The maximum atomic E-state index is 12.6. The Morgan fingerprint density at radius 1 is 1.15 bits per heavy atom. The van der Waals surface area contributed by atoms with Crippen molar-refractivity contribution in [2.45, 2.75) is 65.0 Å². The molecule has 1 aromatic heterocycles. The van der Waals surface area contributed by atoms with Gasteiger partial charge in [0.25, 0.3) is 0 Å². The third-order valence-corrected chi connectivity index (χ3v) is 6.74. The van der Waals surface area contributed by atoms with Crippen LogP contribution >= 0.6 is 0 Å². The number of fused-ring (bicyclic) bond motifs is 1. The van der Waals surface area contributed by atoms with E-state index in [1.54, 1.807) is 0 Å². The first-order valence-electron chi connectivity index (χ1n) is 9.91. The maximum Gasteiger partial charge on any atom is 0.222 e. The van der Waals surface area contributed by atoms with Crippen LogP contribution in [-0.2, 0) is 11.3 Å². The summed E-state index contributed by atoms with van der Waals surface area (Å²) >= 11 is 0. The van der Waals surface area contributed by atoms with Crippen LogP contribution in [0.3, 0.4) is 0 Å². The van der Waals surface area contributed by atoms with Gasteiger partial charge in [0.05, 0.1) is 5.69 Å². The normalized spacial score (nSPS) is 27.0. The fourth-order valence-electron chi connectivity index (χ4n) is 5.09. The molecule has 0 spiro atoms. The highest BCUT2D eigenvalue weighted by atomic mass is 16.1. The topological polar surface area (TPSA) is 46.9 Å². The van der Waals surface area contributed by atoms with Crippen molar-refractivity contribution in [3.05, 3.63) is 52.8 Å². The quantitative estimate of drug-likeness (QED) is 0.888. The van der Waals surface area contributed by atoms with Crippen molar-refractivity contribution in [3.63, 3.8) is 0 Å². The van der Waals surface area contributed by atoms with Gasteiger partial charge in [-0.05, 0) is 56.6 Å². The van der Waals surface area contributed by atoms with Crippen LogP contribution in [0.25, 0.3) is 0 Å². The smallest absolute Gasteiger partial charge is 0.222 e. The Morgan fingerprint density at radius 3 is 2.58 bits per heavy atom. The molecule has 1 aromatic carbocycles. The average molecular weight is 351 g/mol. The third-order valence-electron chi connectivity index (χ3n) is 6.74. The minimum atomic E-state index is 0.159. The lowest BCUT2D eigenvalue weighted by Crippen LogP contribution is -2.56. The van der Waals surface area contributed by atoms with E-state index in [0.717, 1.165) is 17.3 Å². The number of benzene rings is 1. The lowest BCUT2D eigenvalue weighted by molar-refractivity contribution is -0.124. The van der Waals surface area contributed by atoms with Crippen LogP contribution < -0.4 is 5.32 Å². The molecule has 0 unspecified atom stereocenters. The number of nitrogens with one attached hydrogen (secondary N) is 1. The number of hydrogen-bond acceptors (Lipinski definition) is 2. The summed E-state index contributed by atoms with van der Waals surface area (Å²) < 4.78 is 1.97. The van der Waals surface area contributed by atoms with E-state index in [0.29, 0.717) is 30.8 Å². The third kappa shape index (κ3) is 2.95. The number of aromatic nitrogens is 2. The molecule has 4 heteroatoms. The maximum absolute atomic E-state index is 12.6. The van der Waals surface area contributed by atoms with Gasteiger partial charge in [0.15, 0.2) is 0 Å². The molecule has 2 aromatic rings. The van der Waals surface area contributed by atoms with Crippen LogP contribution in [-0.4, -0.2) is 21.7 Å². The van der Waals surface area contributed by atoms with Crippen LogP contribution in [0.5, 0.6) is 0 Å². The lowest BCUT2D eigenvalue weighted by Gasteiger charge is -2.49. The molecule has 4 nitrogen and oxygen atoms in total. The Balaban J connectivity index is 1.40. The summed E-state index contributed by atoms with van der Waals surface area (Å²) in [5.41, 5.74) is 4.83. The van der Waals surface area contributed by atoms with Gasteiger partial charge < -0.3 is 5.32 Å². The van der Waals surface area contributed by atoms with Gasteiger partial charge >= 0.3 is 0 Å². The number of carbonyl (C=O) groups excluding carboxylic acids is 1. The van der Waals surface area contributed by atoms with Crippen molar-refractivity contribution in [1.82, 2.24) is 15.1 Å². The predicted octanol–water partition coefficient (Wildman–Crippen LogP) is 3.90. The molecule has 2 aliphatic carbocycles. The molecule has 1 N–H and O–H groups in total. The minimum absolute atomic E-state index is 0.159. The Morgan fingerprint density at radius 2 is 1.88 bits per heavy atom. The zero-order valence-electron chi connectivity index (χ0n) is 16.0. The molecule has 26 heavy (non-hydrogen) atoms. The van der Waals surface area contributed by atoms with Gasteiger partial charge in [0.1, 0.15) is 0 Å². The monoisotopic (exact) mass is 351 g/mol. The summed E-state index contributed by atoms with van der Waals surface area (Å²) in [6.45, 7) is 6.85. The fourth-order valence-corrected chi connectivity index (χ4v) is 5.09. The Labute approximate surface area is 156 Å². The van der Waals surface area contributed by atoms with E-state index in [9.17, 15) is 4.79 Å². The van der Waals surface area contributed by atoms with Crippen molar-refractivity contribution < 1.29 is 4.79 Å². The summed E-state index contributed by atoms with van der Waals surface area (Å²) in [6.07, 6.45) is 4.37. The molecular weight excluding hydrogens is 322 g/mol. The molecule has 2 saturated carbocycles. The molecule has 4 atom stereocenters. The summed E-state index contributed by atoms with van der Waals surface area (Å²) in [5, 5.41) is 7.91. The van der Waals surface area contributed by atoms with Gasteiger partial charge in [-0.2, -0.15) is 5.10 Å². The zero-order chi connectivity index (χ0) is 18.3. The zero-order valence-corrected chi connectivity index (χ0v) is 16.0. The summed E-state index contributed by atoms with van der Waals surface area (Å²) in [7, 11) is 0. The van der Waals surface area contributed by atoms with Gasteiger partial charge in [-0.1, -0.05) is 36.8 Å². The van der Waals surface area contributed by atoms with E-state index in [1.807, 2.05) is 11.6 Å². The van der Waals surface area contributed by atoms with Gasteiger partial charge in [0, 0.05) is 30.6 Å². The first-order chi connectivity index (χ1) is 12.6. The molecule has 0 aliphatic heterocycles. The van der Waals surface area contributed by atoms with Crippen molar-refractivity contribution in [2.75, 3.05) is 0 Å². The lowest BCUT2D eigenvalue weighted by atomic mass is 9.60. The molecule has 0 radical (unpaired) electrons. The highest BCUT2D eigenvalue weighted by Gasteiger charge is 2.53. The summed E-state index contributed by atoms with van der Waals surface area (Å²) in [4.78, 5) is 12.6. The Hall–Kier alpha value is -2.10. The Kier molecular flexibility index (Phi) is 4.60. The molecule has 1 amide bonds. The molecular formula is C22H29N3O. The summed E-state index contributed by atoms with van der Waals surface area (Å²) in [5.74, 6) is 2.07. The fraction of sp³-hybridized carbons (Fsp3) is 0.545. The number of rotatable bonds is 5. The van der Waals surface area contributed by atoms with E-state index >= 15 is 0 Å². The van der Waals surface area contributed by atoms with Gasteiger partial charge in [-0.15, -0.1) is 0 Å². The van der Waals surface area contributed by atoms with Crippen LogP contribution in [0.2, 0.25) is 0 Å². The first kappa shape index (κ1) is 17.3. The molecule has 2 fully saturated rings. The largest absolute Gasteiger partial charge is 0.352 e. The standard InChI is InChI=1S/C22H29N3O/c1-14-15(2)24-25(16(14)3)13-12-20(26)23-22-19-11-7-10-18(19)21(22)17-8-5-4-6-9-17/h4-6,8-9,18-19,21-22H,7,10-13H2,1-3H3,(H,23,26)/t18-,19+,21+,22+/m0/s1. The SMILES string of the molecule is Cc1nn(CCC(=O)N[C@@H]2[C@@H]3CCC[C@@H]3[C@H]2c2ccccc2)c(C)c1C. The van der Waals surface area contributed by atoms with Crippen molar-refractivity contribution in [1.29, 1.82) is 0 Å². The number of aryl methyl sites for hydroxylation is 2. The predicted molar refractivity (Wildman–Crippen MR) is 103 cm³/mol. The molecule has 0 bridgehead atoms. The van der Waals surface area contributed by atoms with E-state index < -0.39 is 0 Å². The van der Waals surface area contributed by atoms with E-state index in [2.05, 4.69) is 54.6 Å². The van der Waals surface area contributed by atoms with Crippen LogP contribution in [0.1, 0.15) is 54.1 Å². The summed E-state index contributed by atoms with van der Waals surface area (Å²) in [6, 6.07) is 11.0. The van der Waals surface area contributed by atoms with Gasteiger partial charge in [0.2, 0.25) is 5.91 Å². The molecule has 2 aliphatic rings. The van der Waals surface area contributed by atoms with E-state index in [1.165, 1.54) is 30.4 Å². The highest BCUT2D eigenvalue weighted by molar-refractivity contribution is 5.76. The minimum Gasteiger partial charge on any atom is -0.352 e. The molecule has 4 rings (SSSR count). The number of hydrogen-bond donors (Lipinski definition) is 1. The Bertz CT molecular complexity index is 795. The van der Waals surface area contributed by atoms with Crippen LogP contribution in [0.4, 0.5) is 0 Å². The van der Waals surface area contributed by atoms with Crippen molar-refractivity contribution in [2.24, 2.45) is 11.8 Å². The van der Waals surface area contributed by atoms with Crippen LogP contribution in [0, 0.1) is 32.6 Å². The highest BCUT2D eigenvalue weighted by Crippen LogP contribution is 2.55. The van der Waals surface area contributed by atoms with Gasteiger partial charge in [-0.25, -0.2) is 0 Å². The van der Waals surface area contributed by atoms with Crippen LogP contribution in [0.15, 0.2) is 30.3 Å². The molecule has 0 saturated heterocycles. The van der Waals surface area contributed by atoms with Crippen molar-refractivity contribution in [3.8, 4) is 0 Å². The van der Waals surface area contributed by atoms with Crippen molar-refractivity contribution >= 4 is 5.91 Å². The first-order valence-corrected chi connectivity index (χ1v) is 9.91. The molecule has 138 valence electrons. The number of carbonyl (C=O) groups is 1. The average Bonchev–Trinajstić information content (AvgIpc) is 3.16. The number of nitrogens with zero attached hydrogens (tertiary/aromatic N) is 2. The second-order valence-electron chi connectivity index (χ2n) is 8.06. The van der Waals surface area contributed by atoms with Gasteiger partial charge in [-0.3, -0.25) is 9.48 Å². The second-order valence-corrected chi connectivity index (χ2v) is 8.06. The second kappa shape index (κ2) is 6.90. The van der Waals surface area contributed by atoms with E-state index in [-0.39, 0.29) is 5.91 Å². The van der Waals surface area contributed by atoms with E-state index in [4.69, 9.17) is 0 Å². The molecule has 1 heterocycles.